The summed E-state index contributed by atoms with van der Waals surface area (Å²) in [5.74, 6) is 0.775. The molecule has 0 saturated carbocycles. The summed E-state index contributed by atoms with van der Waals surface area (Å²) in [5.41, 5.74) is 0.928. The summed E-state index contributed by atoms with van der Waals surface area (Å²) in [6.45, 7) is 12.2. The van der Waals surface area contributed by atoms with Gasteiger partial charge in [0.15, 0.2) is 0 Å². The van der Waals surface area contributed by atoms with Crippen molar-refractivity contribution in [2.75, 3.05) is 59.7 Å². The Labute approximate surface area is 264 Å². The number of hydrogen-bond donors (Lipinski definition) is 0. The Hall–Kier alpha value is -1.03. The highest BCUT2D eigenvalue weighted by Gasteiger charge is 2.26. The molecule has 2 saturated heterocycles. The maximum absolute atomic E-state index is 10.4. The van der Waals surface area contributed by atoms with Gasteiger partial charge in [-0.2, -0.15) is 0 Å². The van der Waals surface area contributed by atoms with Crippen LogP contribution in [0.4, 0.5) is 0 Å². The number of likely N-dealkylation sites (N-methyl/N-ethyl adjacent to an activating group) is 1. The van der Waals surface area contributed by atoms with Crippen LogP contribution in [0.15, 0.2) is 29.2 Å². The smallest absolute Gasteiger partial charge is 0.124 e. The first-order valence-electron chi connectivity index (χ1n) is 17.3. The van der Waals surface area contributed by atoms with Gasteiger partial charge in [0, 0.05) is 13.2 Å². The van der Waals surface area contributed by atoms with Gasteiger partial charge in [0.1, 0.15) is 23.2 Å². The summed E-state index contributed by atoms with van der Waals surface area (Å²) < 4.78 is 49.8. The van der Waals surface area contributed by atoms with Gasteiger partial charge in [-0.25, -0.2) is 8.42 Å². The molecule has 1 aromatic carbocycles. The van der Waals surface area contributed by atoms with Gasteiger partial charge >= 0.3 is 0 Å². The summed E-state index contributed by atoms with van der Waals surface area (Å²) in [6.07, 6.45) is 22.5. The van der Waals surface area contributed by atoms with Crippen molar-refractivity contribution >= 4 is 10.1 Å². The van der Waals surface area contributed by atoms with Gasteiger partial charge in [0.2, 0.25) is 0 Å². The van der Waals surface area contributed by atoms with Crippen molar-refractivity contribution in [2.45, 2.75) is 128 Å². The third-order valence-electron chi connectivity index (χ3n) is 9.03. The van der Waals surface area contributed by atoms with E-state index < -0.39 is 10.1 Å². The molecule has 43 heavy (non-hydrogen) atoms. The second-order valence-electron chi connectivity index (χ2n) is 13.2. The Kier molecular flexibility index (Phi) is 19.9. The Bertz CT molecular complexity index is 917. The molecule has 2 atom stereocenters. The zero-order chi connectivity index (χ0) is 31.2. The predicted molar refractivity (Wildman–Crippen MR) is 174 cm³/mol. The predicted octanol–water partition coefficient (Wildman–Crippen LogP) is 7.66. The van der Waals surface area contributed by atoms with Crippen LogP contribution in [0, 0.1) is 12.8 Å². The summed E-state index contributed by atoms with van der Waals surface area (Å²) in [4.78, 5) is -0.178. The summed E-state index contributed by atoms with van der Waals surface area (Å²) in [6, 6.07) is 5.78. The topological polar surface area (TPSA) is 84.9 Å². The van der Waals surface area contributed by atoms with Gasteiger partial charge in [-0.1, -0.05) is 102 Å². The van der Waals surface area contributed by atoms with Crippen LogP contribution in [0.3, 0.4) is 0 Å². The highest BCUT2D eigenvalue weighted by atomic mass is 32.2. The third-order valence-corrected chi connectivity index (χ3v) is 9.88. The summed E-state index contributed by atoms with van der Waals surface area (Å²) >= 11 is 0. The molecule has 0 radical (unpaired) electrons. The number of morpholine rings is 1. The molecule has 2 unspecified atom stereocenters. The Morgan fingerprint density at radius 3 is 2.02 bits per heavy atom. The minimum absolute atomic E-state index is 0.178. The molecule has 2 heterocycles. The standard InChI is InChI=1S/C28H56NO3.C7H8O3S/c1-3-4-5-6-7-8-9-10-11-12-13-14-17-27-24-28(32-25-27)26-31-21-16-15-18-29(2)19-22-30-23-20-29;1-6-2-4-7(5-3-6)11(8,9)10/h27-28H,3-26H2,1-2H3;2-5H,1H3,(H,8,9,10)/q+1;/p-1. The van der Waals surface area contributed by atoms with E-state index in [1.165, 1.54) is 126 Å². The fraction of sp³-hybridized carbons (Fsp3) is 0.829. The molecule has 0 amide bonds. The number of nitrogens with zero attached hydrogens (tertiary/aromatic N) is 1. The van der Waals surface area contributed by atoms with Crippen molar-refractivity contribution < 1.29 is 31.7 Å². The molecule has 8 heteroatoms. The zero-order valence-corrected chi connectivity index (χ0v) is 28.6. The van der Waals surface area contributed by atoms with Crippen LogP contribution in [0.25, 0.3) is 0 Å². The first-order valence-corrected chi connectivity index (χ1v) is 18.8. The minimum Gasteiger partial charge on any atom is -0.744 e. The maximum atomic E-state index is 10.4. The highest BCUT2D eigenvalue weighted by Crippen LogP contribution is 2.25. The fourth-order valence-corrected chi connectivity index (χ4v) is 6.47. The second-order valence-corrected chi connectivity index (χ2v) is 14.6. The Morgan fingerprint density at radius 2 is 1.44 bits per heavy atom. The number of ether oxygens (including phenoxy) is 3. The van der Waals surface area contributed by atoms with Crippen molar-refractivity contribution in [3.63, 3.8) is 0 Å². The normalized spacial score (nSPS) is 20.1. The molecule has 0 N–H and O–H groups in total. The summed E-state index contributed by atoms with van der Waals surface area (Å²) in [7, 11) is -1.90. The van der Waals surface area contributed by atoms with Crippen LogP contribution in [0.5, 0.6) is 0 Å². The van der Waals surface area contributed by atoms with Crippen molar-refractivity contribution in [2.24, 2.45) is 5.92 Å². The molecule has 0 bridgehead atoms. The van der Waals surface area contributed by atoms with Crippen molar-refractivity contribution in [3.05, 3.63) is 29.8 Å². The van der Waals surface area contributed by atoms with Gasteiger partial charge in [-0.3, -0.25) is 0 Å². The van der Waals surface area contributed by atoms with E-state index >= 15 is 0 Å². The van der Waals surface area contributed by atoms with Crippen molar-refractivity contribution in [1.29, 1.82) is 0 Å². The highest BCUT2D eigenvalue weighted by molar-refractivity contribution is 7.85. The largest absolute Gasteiger partial charge is 0.744 e. The first kappa shape index (κ1) is 38.2. The SMILES string of the molecule is CCCCCCCCCCCCCCC1COC(COCCCC[N+]2(C)CCOCC2)C1.Cc1ccc(S(=O)(=O)[O-])cc1. The molecule has 0 aromatic heterocycles. The van der Waals surface area contributed by atoms with E-state index in [0.717, 1.165) is 57.6 Å². The second kappa shape index (κ2) is 22.5. The minimum atomic E-state index is -4.27. The van der Waals surface area contributed by atoms with E-state index in [4.69, 9.17) is 14.2 Å². The van der Waals surface area contributed by atoms with E-state index in [9.17, 15) is 13.0 Å². The van der Waals surface area contributed by atoms with E-state index in [1.807, 2.05) is 6.92 Å². The van der Waals surface area contributed by atoms with Gasteiger partial charge < -0.3 is 23.2 Å². The van der Waals surface area contributed by atoms with Gasteiger partial charge in [0.25, 0.3) is 0 Å². The van der Waals surface area contributed by atoms with Crippen molar-refractivity contribution in [1.82, 2.24) is 0 Å². The molecular weight excluding hydrogens is 562 g/mol. The van der Waals surface area contributed by atoms with Crippen LogP contribution >= 0.6 is 0 Å². The van der Waals surface area contributed by atoms with Gasteiger partial charge in [-0.05, 0) is 50.7 Å². The Morgan fingerprint density at radius 1 is 0.860 bits per heavy atom. The van der Waals surface area contributed by atoms with Crippen LogP contribution in [-0.4, -0.2) is 83.3 Å². The van der Waals surface area contributed by atoms with Crippen LogP contribution in [0.1, 0.15) is 115 Å². The van der Waals surface area contributed by atoms with Crippen LogP contribution < -0.4 is 0 Å². The van der Waals surface area contributed by atoms with E-state index in [1.54, 1.807) is 12.1 Å². The first-order chi connectivity index (χ1) is 20.7. The molecule has 7 nitrogen and oxygen atoms in total. The van der Waals surface area contributed by atoms with E-state index in [0.29, 0.717) is 6.10 Å². The lowest BCUT2D eigenvalue weighted by Gasteiger charge is -2.37. The number of rotatable bonds is 21. The number of quaternary nitrogens is 1. The monoisotopic (exact) mass is 625 g/mol. The van der Waals surface area contributed by atoms with Gasteiger partial charge in [0.05, 0.1) is 44.4 Å². The molecule has 2 aliphatic rings. The quantitative estimate of drug-likeness (QED) is 0.0792. The molecule has 1 aromatic rings. The number of aryl methyl sites for hydroxylation is 1. The molecular formula is C35H63NO6S. The van der Waals surface area contributed by atoms with E-state index in [2.05, 4.69) is 14.0 Å². The van der Waals surface area contributed by atoms with E-state index in [-0.39, 0.29) is 4.90 Å². The van der Waals surface area contributed by atoms with Crippen LogP contribution in [-0.2, 0) is 24.3 Å². The lowest BCUT2D eigenvalue weighted by molar-refractivity contribution is -0.917. The van der Waals surface area contributed by atoms with Crippen molar-refractivity contribution in [3.8, 4) is 0 Å². The van der Waals surface area contributed by atoms with Gasteiger partial charge in [-0.15, -0.1) is 0 Å². The molecule has 3 rings (SSSR count). The van der Waals surface area contributed by atoms with Crippen LogP contribution in [0.2, 0.25) is 0 Å². The number of unbranched alkanes of at least 4 members (excludes halogenated alkanes) is 12. The third kappa shape index (κ3) is 18.5. The lowest BCUT2D eigenvalue weighted by atomic mass is 9.97. The zero-order valence-electron chi connectivity index (χ0n) is 27.7. The average molecular weight is 626 g/mol. The number of benzene rings is 1. The average Bonchev–Trinajstić information content (AvgIpc) is 3.43. The molecule has 0 aliphatic carbocycles. The maximum Gasteiger partial charge on any atom is 0.124 e. The molecule has 250 valence electrons. The lowest BCUT2D eigenvalue weighted by Crippen LogP contribution is -2.52. The molecule has 2 fully saturated rings. The Balaban J connectivity index is 0.000000490. The molecule has 0 spiro atoms. The number of hydrogen-bond acceptors (Lipinski definition) is 6. The fourth-order valence-electron chi connectivity index (χ4n) is 6.00. The molecule has 2 aliphatic heterocycles. The summed E-state index contributed by atoms with van der Waals surface area (Å²) in [5, 5.41) is 0.